The Balaban J connectivity index is 1.53. The summed E-state index contributed by atoms with van der Waals surface area (Å²) in [6.07, 6.45) is 4.90. The molecule has 2 aliphatic rings. The van der Waals surface area contributed by atoms with Crippen LogP contribution in [0.4, 0.5) is 15.8 Å². The number of carbonyl (C=O) groups excluding carboxylic acids is 1. The SMILES string of the molecule is NC(=S)N/N=C/c1cc(F)c(N2CCN(C(=O)c3ccc(Cl)cc3Cl)CC2)cc1N1CCCCC1. The lowest BCUT2D eigenvalue weighted by molar-refractivity contribution is 0.0747. The summed E-state index contributed by atoms with van der Waals surface area (Å²) in [7, 11) is 0. The molecule has 2 aliphatic heterocycles. The average molecular weight is 537 g/mol. The molecule has 186 valence electrons. The molecule has 2 heterocycles. The normalized spacial score (nSPS) is 16.6. The highest BCUT2D eigenvalue weighted by molar-refractivity contribution is 7.80. The number of hydrogen-bond acceptors (Lipinski definition) is 5. The lowest BCUT2D eigenvalue weighted by atomic mass is 10.1. The maximum Gasteiger partial charge on any atom is 0.255 e. The average Bonchev–Trinajstić information content (AvgIpc) is 2.84. The molecule has 0 atom stereocenters. The number of thiocarbonyl (C=S) groups is 1. The van der Waals surface area contributed by atoms with Crippen LogP contribution in [0.5, 0.6) is 0 Å². The Morgan fingerprint density at radius 1 is 1.00 bits per heavy atom. The number of hydrazone groups is 1. The molecule has 11 heteroatoms. The largest absolute Gasteiger partial charge is 0.375 e. The minimum Gasteiger partial charge on any atom is -0.375 e. The fourth-order valence-corrected chi connectivity index (χ4v) is 5.01. The molecule has 2 aromatic rings. The first kappa shape index (κ1) is 25.5. The number of carbonyl (C=O) groups is 1. The van der Waals surface area contributed by atoms with E-state index >= 15 is 4.39 Å². The Morgan fingerprint density at radius 3 is 2.34 bits per heavy atom. The number of piperidine rings is 1. The second-order valence-electron chi connectivity index (χ2n) is 8.55. The number of rotatable bonds is 5. The van der Waals surface area contributed by atoms with E-state index in [1.807, 2.05) is 11.0 Å². The number of piperazine rings is 1. The van der Waals surface area contributed by atoms with Crippen molar-refractivity contribution in [1.29, 1.82) is 0 Å². The van der Waals surface area contributed by atoms with Crippen molar-refractivity contribution < 1.29 is 9.18 Å². The van der Waals surface area contributed by atoms with Crippen molar-refractivity contribution in [2.75, 3.05) is 49.1 Å². The summed E-state index contributed by atoms with van der Waals surface area (Å²) in [6.45, 7) is 3.72. The van der Waals surface area contributed by atoms with E-state index in [-0.39, 0.29) is 16.8 Å². The van der Waals surface area contributed by atoms with Gasteiger partial charge in [-0.2, -0.15) is 5.10 Å². The van der Waals surface area contributed by atoms with Gasteiger partial charge in [0, 0.05) is 55.5 Å². The number of nitrogens with two attached hydrogens (primary N) is 1. The van der Waals surface area contributed by atoms with E-state index < -0.39 is 0 Å². The summed E-state index contributed by atoms with van der Waals surface area (Å²) in [4.78, 5) is 18.9. The number of anilines is 2. The third-order valence-corrected chi connectivity index (χ3v) is 6.88. The van der Waals surface area contributed by atoms with Gasteiger partial charge in [-0.05, 0) is 61.8 Å². The summed E-state index contributed by atoms with van der Waals surface area (Å²) >= 11 is 17.0. The molecule has 1 amide bonds. The molecule has 35 heavy (non-hydrogen) atoms. The Kier molecular flexibility index (Phi) is 8.30. The second-order valence-corrected chi connectivity index (χ2v) is 9.83. The first-order valence-electron chi connectivity index (χ1n) is 11.5. The van der Waals surface area contributed by atoms with E-state index in [1.165, 1.54) is 12.5 Å². The number of halogens is 3. The van der Waals surface area contributed by atoms with E-state index in [0.717, 1.165) is 31.6 Å². The molecule has 3 N–H and O–H groups in total. The minimum absolute atomic E-state index is 0.0465. The van der Waals surface area contributed by atoms with Crippen LogP contribution in [0.2, 0.25) is 10.0 Å². The van der Waals surface area contributed by atoms with Crippen molar-refractivity contribution in [2.24, 2.45) is 10.8 Å². The lowest BCUT2D eigenvalue weighted by Gasteiger charge is -2.37. The molecule has 0 unspecified atom stereocenters. The van der Waals surface area contributed by atoms with Crippen molar-refractivity contribution in [3.8, 4) is 0 Å². The number of benzene rings is 2. The van der Waals surface area contributed by atoms with E-state index in [4.69, 9.17) is 41.2 Å². The summed E-state index contributed by atoms with van der Waals surface area (Å²) in [6, 6.07) is 8.23. The van der Waals surface area contributed by atoms with Gasteiger partial charge in [0.25, 0.3) is 5.91 Å². The summed E-state index contributed by atoms with van der Waals surface area (Å²) < 4.78 is 15.3. The highest BCUT2D eigenvalue weighted by atomic mass is 35.5. The summed E-state index contributed by atoms with van der Waals surface area (Å²) in [5, 5.41) is 4.89. The van der Waals surface area contributed by atoms with Gasteiger partial charge in [0.15, 0.2) is 5.11 Å². The zero-order chi connectivity index (χ0) is 24.9. The monoisotopic (exact) mass is 536 g/mol. The van der Waals surface area contributed by atoms with Crippen LogP contribution in [0.15, 0.2) is 35.4 Å². The molecular formula is C24H27Cl2FN6OS. The molecule has 0 aliphatic carbocycles. The van der Waals surface area contributed by atoms with Crippen molar-refractivity contribution in [2.45, 2.75) is 19.3 Å². The second kappa shape index (κ2) is 11.4. The fourth-order valence-electron chi connectivity index (χ4n) is 4.47. The Hall–Kier alpha value is -2.62. The Bertz CT molecular complexity index is 1130. The maximum atomic E-state index is 15.3. The van der Waals surface area contributed by atoms with Gasteiger partial charge in [-0.15, -0.1) is 0 Å². The predicted octanol–water partition coefficient (Wildman–Crippen LogP) is 4.25. The van der Waals surface area contributed by atoms with Gasteiger partial charge >= 0.3 is 0 Å². The van der Waals surface area contributed by atoms with Crippen LogP contribution in [0, 0.1) is 5.82 Å². The van der Waals surface area contributed by atoms with Gasteiger partial charge in [-0.25, -0.2) is 4.39 Å². The smallest absolute Gasteiger partial charge is 0.255 e. The summed E-state index contributed by atoms with van der Waals surface area (Å²) in [5.74, 6) is -0.499. The van der Waals surface area contributed by atoms with Gasteiger partial charge in [0.2, 0.25) is 0 Å². The molecule has 2 saturated heterocycles. The van der Waals surface area contributed by atoms with Crippen molar-refractivity contribution in [1.82, 2.24) is 10.3 Å². The van der Waals surface area contributed by atoms with Gasteiger partial charge in [-0.1, -0.05) is 23.2 Å². The van der Waals surface area contributed by atoms with E-state index in [1.54, 1.807) is 29.3 Å². The van der Waals surface area contributed by atoms with Crippen molar-refractivity contribution in [3.63, 3.8) is 0 Å². The molecule has 7 nitrogen and oxygen atoms in total. The maximum absolute atomic E-state index is 15.3. The topological polar surface area (TPSA) is 77.2 Å². The number of nitrogens with zero attached hydrogens (tertiary/aromatic N) is 4. The number of nitrogens with one attached hydrogen (secondary N) is 1. The number of hydrogen-bond donors (Lipinski definition) is 2. The van der Waals surface area contributed by atoms with Gasteiger partial charge in [0.05, 0.1) is 22.5 Å². The standard InChI is InChI=1S/C24H27Cl2FN6OS/c25-17-4-5-18(19(26)13-17)23(34)33-10-8-32(9-11-33)22-14-21(31-6-2-1-3-7-31)16(12-20(22)27)15-29-30-24(28)35/h4-5,12-15H,1-3,6-11H2,(H3,28,30,35)/b29-15+. The molecule has 0 spiro atoms. The van der Waals surface area contributed by atoms with Crippen molar-refractivity contribution >= 4 is 64.0 Å². The molecular weight excluding hydrogens is 510 g/mol. The van der Waals surface area contributed by atoms with Gasteiger partial charge in [-0.3, -0.25) is 10.2 Å². The molecule has 0 radical (unpaired) electrons. The minimum atomic E-state index is -0.344. The van der Waals surface area contributed by atoms with E-state index in [9.17, 15) is 4.79 Å². The molecule has 0 bridgehead atoms. The third kappa shape index (κ3) is 6.15. The van der Waals surface area contributed by atoms with Crippen LogP contribution in [0.25, 0.3) is 0 Å². The molecule has 2 fully saturated rings. The van der Waals surface area contributed by atoms with Crippen LogP contribution in [0.3, 0.4) is 0 Å². The highest BCUT2D eigenvalue weighted by Gasteiger charge is 2.26. The Labute approximate surface area is 219 Å². The molecule has 2 aromatic carbocycles. The quantitative estimate of drug-likeness (QED) is 0.338. The molecule has 4 rings (SSSR count). The molecule has 0 aromatic heterocycles. The first-order chi connectivity index (χ1) is 16.8. The van der Waals surface area contributed by atoms with E-state index in [2.05, 4.69) is 15.4 Å². The molecule has 0 saturated carbocycles. The summed E-state index contributed by atoms with van der Waals surface area (Å²) in [5.41, 5.74) is 10.5. The van der Waals surface area contributed by atoms with Gasteiger partial charge < -0.3 is 20.4 Å². The van der Waals surface area contributed by atoms with Crippen LogP contribution in [-0.2, 0) is 0 Å². The fraction of sp³-hybridized carbons (Fsp3) is 0.375. The highest BCUT2D eigenvalue weighted by Crippen LogP contribution is 2.32. The van der Waals surface area contributed by atoms with Crippen LogP contribution >= 0.6 is 35.4 Å². The third-order valence-electron chi connectivity index (χ3n) is 6.24. The zero-order valence-electron chi connectivity index (χ0n) is 19.1. The van der Waals surface area contributed by atoms with Crippen LogP contribution in [-0.4, -0.2) is 61.4 Å². The first-order valence-corrected chi connectivity index (χ1v) is 12.7. The van der Waals surface area contributed by atoms with Crippen LogP contribution in [0.1, 0.15) is 35.2 Å². The van der Waals surface area contributed by atoms with Crippen LogP contribution < -0.4 is 21.0 Å². The van der Waals surface area contributed by atoms with E-state index in [0.29, 0.717) is 53.0 Å². The van der Waals surface area contributed by atoms with Crippen molar-refractivity contribution in [3.05, 3.63) is 57.3 Å². The number of amides is 1. The lowest BCUT2D eigenvalue weighted by Crippen LogP contribution is -2.49. The zero-order valence-corrected chi connectivity index (χ0v) is 21.5. The van der Waals surface area contributed by atoms with Gasteiger partial charge in [0.1, 0.15) is 5.82 Å². The Morgan fingerprint density at radius 2 is 1.69 bits per heavy atom. The predicted molar refractivity (Wildman–Crippen MR) is 145 cm³/mol.